The van der Waals surface area contributed by atoms with Crippen molar-refractivity contribution >= 4 is 23.2 Å². The molecule has 0 radical (unpaired) electrons. The monoisotopic (exact) mass is 346 g/mol. The number of fused-ring (bicyclic) bond motifs is 1. The molecule has 2 heterocycles. The molecule has 3 rings (SSSR count). The molecule has 0 aromatic carbocycles. The number of thiophene rings is 1. The Hall–Kier alpha value is -2.08. The summed E-state index contributed by atoms with van der Waals surface area (Å²) in [5.41, 5.74) is 6.68. The zero-order valence-electron chi connectivity index (χ0n) is 14.2. The fourth-order valence-electron chi connectivity index (χ4n) is 3.16. The van der Waals surface area contributed by atoms with Crippen LogP contribution in [0.2, 0.25) is 0 Å². The van der Waals surface area contributed by atoms with Gasteiger partial charge in [-0.2, -0.15) is 0 Å². The Bertz CT molecular complexity index is 775. The first kappa shape index (κ1) is 16.8. The summed E-state index contributed by atoms with van der Waals surface area (Å²) in [4.78, 5) is 26.4. The number of aryl methyl sites for hydroxylation is 3. The molecule has 0 aliphatic heterocycles. The Morgan fingerprint density at radius 1 is 1.25 bits per heavy atom. The van der Waals surface area contributed by atoms with Crippen LogP contribution in [0.5, 0.6) is 0 Å². The first-order valence-electron chi connectivity index (χ1n) is 8.27. The third-order valence-corrected chi connectivity index (χ3v) is 5.80. The third kappa shape index (κ3) is 3.38. The van der Waals surface area contributed by atoms with Crippen molar-refractivity contribution in [3.63, 3.8) is 0 Å². The first-order chi connectivity index (χ1) is 11.5. The standard InChI is InChI=1S/C18H22N2O3S/c1-4-12-5-6-15-13(8-12)9-16(24-15)18(22)20-19-17(21)14-7-10(2)23-11(14)3/h7,9,12H,4-6,8H2,1-3H3,(H,19,21)(H,20,22)/t12-/m0/s1. The molecule has 0 spiro atoms. The maximum atomic E-state index is 12.3. The van der Waals surface area contributed by atoms with Crippen LogP contribution in [0.4, 0.5) is 0 Å². The van der Waals surface area contributed by atoms with Gasteiger partial charge >= 0.3 is 0 Å². The van der Waals surface area contributed by atoms with Crippen LogP contribution < -0.4 is 10.9 Å². The number of hydrogen-bond acceptors (Lipinski definition) is 4. The molecule has 6 heteroatoms. The van der Waals surface area contributed by atoms with Gasteiger partial charge in [0.2, 0.25) is 0 Å². The Balaban J connectivity index is 1.63. The molecular formula is C18H22N2O3S. The summed E-state index contributed by atoms with van der Waals surface area (Å²) >= 11 is 1.53. The molecule has 5 nitrogen and oxygen atoms in total. The van der Waals surface area contributed by atoms with Gasteiger partial charge in [0, 0.05) is 4.88 Å². The number of rotatable bonds is 3. The zero-order valence-corrected chi connectivity index (χ0v) is 15.0. The van der Waals surface area contributed by atoms with Gasteiger partial charge in [0.15, 0.2) is 0 Å². The predicted octanol–water partition coefficient (Wildman–Crippen LogP) is 3.55. The van der Waals surface area contributed by atoms with E-state index in [9.17, 15) is 9.59 Å². The number of furan rings is 1. The molecule has 2 aromatic heterocycles. The van der Waals surface area contributed by atoms with Crippen LogP contribution in [0.3, 0.4) is 0 Å². The molecule has 0 fully saturated rings. The van der Waals surface area contributed by atoms with E-state index in [0.717, 1.165) is 18.8 Å². The van der Waals surface area contributed by atoms with Crippen molar-refractivity contribution in [3.05, 3.63) is 44.5 Å². The van der Waals surface area contributed by atoms with Crippen molar-refractivity contribution in [2.24, 2.45) is 5.92 Å². The van der Waals surface area contributed by atoms with E-state index >= 15 is 0 Å². The minimum atomic E-state index is -0.370. The number of carbonyl (C=O) groups is 2. The predicted molar refractivity (Wildman–Crippen MR) is 93.2 cm³/mol. The highest BCUT2D eigenvalue weighted by Crippen LogP contribution is 2.33. The Labute approximate surface area is 145 Å². The van der Waals surface area contributed by atoms with Crippen molar-refractivity contribution in [3.8, 4) is 0 Å². The van der Waals surface area contributed by atoms with Gasteiger partial charge in [-0.05, 0) is 56.7 Å². The van der Waals surface area contributed by atoms with Crippen LogP contribution >= 0.6 is 11.3 Å². The molecular weight excluding hydrogens is 324 g/mol. The van der Waals surface area contributed by atoms with E-state index in [1.165, 1.54) is 34.6 Å². The lowest BCUT2D eigenvalue weighted by atomic mass is 9.87. The van der Waals surface area contributed by atoms with E-state index in [1.807, 2.05) is 6.07 Å². The summed E-state index contributed by atoms with van der Waals surface area (Å²) in [6.45, 7) is 5.72. The molecule has 1 aliphatic rings. The van der Waals surface area contributed by atoms with Crippen LogP contribution in [0.1, 0.15) is 61.8 Å². The maximum Gasteiger partial charge on any atom is 0.279 e. The second-order valence-corrected chi connectivity index (χ2v) is 7.45. The highest BCUT2D eigenvalue weighted by atomic mass is 32.1. The second-order valence-electron chi connectivity index (χ2n) is 6.31. The van der Waals surface area contributed by atoms with Gasteiger partial charge in [-0.15, -0.1) is 11.3 Å². The number of carbonyl (C=O) groups excluding carboxylic acids is 2. The van der Waals surface area contributed by atoms with Crippen molar-refractivity contribution in [1.29, 1.82) is 0 Å². The van der Waals surface area contributed by atoms with Crippen LogP contribution in [-0.4, -0.2) is 11.8 Å². The lowest BCUT2D eigenvalue weighted by Gasteiger charge is -2.19. The van der Waals surface area contributed by atoms with Gasteiger partial charge in [-0.3, -0.25) is 20.4 Å². The van der Waals surface area contributed by atoms with Gasteiger partial charge < -0.3 is 4.42 Å². The minimum Gasteiger partial charge on any atom is -0.466 e. The summed E-state index contributed by atoms with van der Waals surface area (Å²) < 4.78 is 5.33. The zero-order chi connectivity index (χ0) is 17.3. The molecule has 0 unspecified atom stereocenters. The molecule has 2 amide bonds. The van der Waals surface area contributed by atoms with E-state index in [-0.39, 0.29) is 11.8 Å². The molecule has 0 saturated heterocycles. The number of nitrogens with one attached hydrogen (secondary N) is 2. The third-order valence-electron chi connectivity index (χ3n) is 4.56. The van der Waals surface area contributed by atoms with Crippen molar-refractivity contribution in [2.75, 3.05) is 0 Å². The van der Waals surface area contributed by atoms with Gasteiger partial charge in [-0.25, -0.2) is 0 Å². The van der Waals surface area contributed by atoms with E-state index in [0.29, 0.717) is 22.0 Å². The minimum absolute atomic E-state index is 0.270. The Morgan fingerprint density at radius 2 is 2.00 bits per heavy atom. The van der Waals surface area contributed by atoms with Crippen LogP contribution in [0, 0.1) is 19.8 Å². The van der Waals surface area contributed by atoms with Crippen LogP contribution in [0.25, 0.3) is 0 Å². The number of hydrogen-bond donors (Lipinski definition) is 2. The summed E-state index contributed by atoms with van der Waals surface area (Å²) in [5, 5.41) is 0. The topological polar surface area (TPSA) is 71.3 Å². The molecule has 1 aliphatic carbocycles. The quantitative estimate of drug-likeness (QED) is 0.835. The molecule has 128 valence electrons. The van der Waals surface area contributed by atoms with Crippen molar-refractivity contribution in [1.82, 2.24) is 10.9 Å². The molecule has 0 saturated carbocycles. The van der Waals surface area contributed by atoms with E-state index in [2.05, 4.69) is 17.8 Å². The second kappa shape index (κ2) is 6.81. The molecule has 2 aromatic rings. The molecule has 2 N–H and O–H groups in total. The Kier molecular flexibility index (Phi) is 4.76. The van der Waals surface area contributed by atoms with Crippen LogP contribution in [0.15, 0.2) is 16.5 Å². The molecule has 24 heavy (non-hydrogen) atoms. The summed E-state index contributed by atoms with van der Waals surface area (Å²) in [7, 11) is 0. The van der Waals surface area contributed by atoms with Gasteiger partial charge in [0.25, 0.3) is 11.8 Å². The van der Waals surface area contributed by atoms with E-state index in [4.69, 9.17) is 4.42 Å². The summed E-state index contributed by atoms with van der Waals surface area (Å²) in [6, 6.07) is 3.63. The molecule has 0 bridgehead atoms. The van der Waals surface area contributed by atoms with Gasteiger partial charge in [0.1, 0.15) is 11.5 Å². The summed E-state index contributed by atoms with van der Waals surface area (Å²) in [6.07, 6.45) is 4.47. The lowest BCUT2D eigenvalue weighted by molar-refractivity contribution is 0.0848. The Morgan fingerprint density at radius 3 is 2.67 bits per heavy atom. The summed E-state index contributed by atoms with van der Waals surface area (Å²) in [5.74, 6) is 1.28. The largest absolute Gasteiger partial charge is 0.466 e. The molecule has 1 atom stereocenters. The average molecular weight is 346 g/mol. The average Bonchev–Trinajstić information content (AvgIpc) is 3.14. The fourth-order valence-corrected chi connectivity index (χ4v) is 4.26. The van der Waals surface area contributed by atoms with E-state index in [1.54, 1.807) is 19.9 Å². The smallest absolute Gasteiger partial charge is 0.279 e. The highest BCUT2D eigenvalue weighted by Gasteiger charge is 2.22. The van der Waals surface area contributed by atoms with Gasteiger partial charge in [-0.1, -0.05) is 13.3 Å². The van der Waals surface area contributed by atoms with Crippen molar-refractivity contribution < 1.29 is 14.0 Å². The van der Waals surface area contributed by atoms with Crippen LogP contribution in [-0.2, 0) is 12.8 Å². The van der Waals surface area contributed by atoms with Crippen molar-refractivity contribution in [2.45, 2.75) is 46.5 Å². The number of hydrazine groups is 1. The van der Waals surface area contributed by atoms with E-state index < -0.39 is 0 Å². The highest BCUT2D eigenvalue weighted by molar-refractivity contribution is 7.14. The maximum absolute atomic E-state index is 12.3. The SMILES string of the molecule is CC[C@H]1CCc2sc(C(=O)NNC(=O)c3cc(C)oc3C)cc2C1. The first-order valence-corrected chi connectivity index (χ1v) is 9.08. The normalized spacial score (nSPS) is 16.5. The number of amides is 2. The lowest BCUT2D eigenvalue weighted by Crippen LogP contribution is -2.41. The fraction of sp³-hybridized carbons (Fsp3) is 0.444. The van der Waals surface area contributed by atoms with Gasteiger partial charge in [0.05, 0.1) is 10.4 Å².